The molecule has 6 nitrogen and oxygen atoms in total. The number of fused-ring (bicyclic) bond motifs is 1. The maximum Gasteiger partial charge on any atom is 0.227 e. The number of pyridine rings is 1. The van der Waals surface area contributed by atoms with E-state index in [1.807, 2.05) is 17.4 Å². The van der Waals surface area contributed by atoms with E-state index in [0.717, 1.165) is 38.3 Å². The van der Waals surface area contributed by atoms with Crippen LogP contribution in [0.2, 0.25) is 10.0 Å². The van der Waals surface area contributed by atoms with Crippen LogP contribution >= 0.6 is 23.2 Å². The summed E-state index contributed by atoms with van der Waals surface area (Å²) in [6.45, 7) is 3.56. The molecular formula is C17H19Cl2N5O. The monoisotopic (exact) mass is 379 g/mol. The molecule has 2 aromatic rings. The zero-order valence-electron chi connectivity index (χ0n) is 13.7. The molecule has 2 aliphatic heterocycles. The number of hydrogen-bond acceptors (Lipinski definition) is 4. The second-order valence-corrected chi connectivity index (χ2v) is 7.39. The van der Waals surface area contributed by atoms with E-state index in [1.54, 1.807) is 12.3 Å². The van der Waals surface area contributed by atoms with Gasteiger partial charge in [-0.3, -0.25) is 4.79 Å². The lowest BCUT2D eigenvalue weighted by molar-refractivity contribution is -0.136. The second kappa shape index (κ2) is 6.84. The fourth-order valence-electron chi connectivity index (χ4n) is 3.61. The van der Waals surface area contributed by atoms with Gasteiger partial charge in [-0.15, -0.1) is 0 Å². The maximum atomic E-state index is 12.9. The number of piperazine rings is 1. The molecule has 0 bridgehead atoms. The van der Waals surface area contributed by atoms with Gasteiger partial charge in [0.05, 0.1) is 22.3 Å². The van der Waals surface area contributed by atoms with Gasteiger partial charge in [0.1, 0.15) is 5.82 Å². The van der Waals surface area contributed by atoms with Crippen LogP contribution in [0, 0.1) is 5.92 Å². The van der Waals surface area contributed by atoms with Gasteiger partial charge in [-0.1, -0.05) is 23.2 Å². The minimum Gasteiger partial charge on any atom is -0.352 e. The first-order valence-electron chi connectivity index (χ1n) is 8.45. The molecular weight excluding hydrogens is 361 g/mol. The van der Waals surface area contributed by atoms with Gasteiger partial charge in [0.2, 0.25) is 5.91 Å². The van der Waals surface area contributed by atoms with Crippen molar-refractivity contribution in [3.63, 3.8) is 0 Å². The Balaban J connectivity index is 1.38. The molecule has 132 valence electrons. The summed E-state index contributed by atoms with van der Waals surface area (Å²) in [5.74, 6) is 1.03. The molecule has 0 spiro atoms. The van der Waals surface area contributed by atoms with E-state index < -0.39 is 0 Å². The maximum absolute atomic E-state index is 12.9. The molecule has 0 aromatic carbocycles. The van der Waals surface area contributed by atoms with Gasteiger partial charge in [-0.2, -0.15) is 0 Å². The van der Waals surface area contributed by atoms with Crippen molar-refractivity contribution in [2.45, 2.75) is 19.4 Å². The molecule has 1 amide bonds. The number of imidazole rings is 1. The summed E-state index contributed by atoms with van der Waals surface area (Å²) < 4.78 is 2.10. The number of halogens is 2. The summed E-state index contributed by atoms with van der Waals surface area (Å²) in [6, 6.07) is 1.70. The third-order valence-corrected chi connectivity index (χ3v) is 5.48. The van der Waals surface area contributed by atoms with Crippen molar-refractivity contribution in [2.24, 2.45) is 5.92 Å². The fourth-order valence-corrected chi connectivity index (χ4v) is 4.11. The van der Waals surface area contributed by atoms with Gasteiger partial charge in [0.15, 0.2) is 0 Å². The highest BCUT2D eigenvalue weighted by molar-refractivity contribution is 6.36. The molecule has 4 heterocycles. The molecule has 0 unspecified atom stereocenters. The van der Waals surface area contributed by atoms with E-state index in [1.165, 1.54) is 5.69 Å². The molecule has 0 saturated carbocycles. The van der Waals surface area contributed by atoms with Crippen molar-refractivity contribution in [2.75, 3.05) is 31.1 Å². The number of carbonyl (C=O) groups excluding carboxylic acids is 1. The molecule has 4 rings (SSSR count). The number of rotatable bonds is 2. The lowest BCUT2D eigenvalue weighted by Crippen LogP contribution is -2.51. The van der Waals surface area contributed by atoms with Crippen molar-refractivity contribution in [1.29, 1.82) is 0 Å². The van der Waals surface area contributed by atoms with E-state index >= 15 is 0 Å². The van der Waals surface area contributed by atoms with E-state index in [2.05, 4.69) is 19.4 Å². The minimum absolute atomic E-state index is 0.0468. The number of aromatic nitrogens is 3. The average Bonchev–Trinajstić information content (AvgIpc) is 3.09. The van der Waals surface area contributed by atoms with Crippen molar-refractivity contribution in [1.82, 2.24) is 19.4 Å². The molecule has 2 aliphatic rings. The normalized spacial score (nSPS) is 20.5. The third-order valence-electron chi connectivity index (χ3n) is 4.99. The summed E-state index contributed by atoms with van der Waals surface area (Å²) in [4.78, 5) is 25.4. The van der Waals surface area contributed by atoms with Gasteiger partial charge >= 0.3 is 0 Å². The summed E-state index contributed by atoms with van der Waals surface area (Å²) in [7, 11) is 0. The predicted octanol–water partition coefficient (Wildman–Crippen LogP) is 2.50. The summed E-state index contributed by atoms with van der Waals surface area (Å²) in [5.41, 5.74) is 1.22. The number of carbonyl (C=O) groups is 1. The van der Waals surface area contributed by atoms with E-state index in [-0.39, 0.29) is 11.8 Å². The molecule has 25 heavy (non-hydrogen) atoms. The molecule has 0 aliphatic carbocycles. The SMILES string of the molecule is O=C([C@@H]1CCc2cncn2C1)N1CCN(c2ncc(Cl)cc2Cl)CC1. The van der Waals surface area contributed by atoms with Crippen LogP contribution in [0.5, 0.6) is 0 Å². The summed E-state index contributed by atoms with van der Waals surface area (Å²) in [6.07, 6.45) is 7.13. The van der Waals surface area contributed by atoms with Crippen molar-refractivity contribution in [3.05, 3.63) is 40.5 Å². The van der Waals surface area contributed by atoms with Gasteiger partial charge in [0.25, 0.3) is 0 Å². The van der Waals surface area contributed by atoms with E-state index in [9.17, 15) is 4.79 Å². The predicted molar refractivity (Wildman–Crippen MR) is 97.1 cm³/mol. The second-order valence-electron chi connectivity index (χ2n) is 6.54. The number of anilines is 1. The lowest BCUT2D eigenvalue weighted by Gasteiger charge is -2.38. The topological polar surface area (TPSA) is 54.3 Å². The van der Waals surface area contributed by atoms with E-state index in [4.69, 9.17) is 23.2 Å². The molecule has 0 N–H and O–H groups in total. The van der Waals surface area contributed by atoms with Crippen molar-refractivity contribution >= 4 is 34.9 Å². The van der Waals surface area contributed by atoms with Crippen LogP contribution in [0.15, 0.2) is 24.8 Å². The van der Waals surface area contributed by atoms with Crippen LogP contribution in [0.1, 0.15) is 12.1 Å². The molecule has 8 heteroatoms. The minimum atomic E-state index is 0.0468. The van der Waals surface area contributed by atoms with Crippen LogP contribution in [0.3, 0.4) is 0 Å². The molecule has 1 fully saturated rings. The first-order valence-corrected chi connectivity index (χ1v) is 9.21. The quantitative estimate of drug-likeness (QED) is 0.804. The van der Waals surface area contributed by atoms with Crippen LogP contribution in [-0.4, -0.2) is 51.5 Å². The standard InChI is InChI=1S/C17H19Cl2N5O/c18-13-7-15(19)16(21-8-13)22-3-5-23(6-4-22)17(25)12-1-2-14-9-20-11-24(14)10-12/h7-9,11-12H,1-6,10H2/t12-/m1/s1. The lowest BCUT2D eigenvalue weighted by atomic mass is 9.96. The Morgan fingerprint density at radius 2 is 1.96 bits per heavy atom. The zero-order valence-corrected chi connectivity index (χ0v) is 15.2. The number of hydrogen-bond donors (Lipinski definition) is 0. The molecule has 0 radical (unpaired) electrons. The highest BCUT2D eigenvalue weighted by Crippen LogP contribution is 2.27. The van der Waals surface area contributed by atoms with Crippen molar-refractivity contribution in [3.8, 4) is 0 Å². The Morgan fingerprint density at radius 1 is 1.16 bits per heavy atom. The fraction of sp³-hybridized carbons (Fsp3) is 0.471. The van der Waals surface area contributed by atoms with Crippen LogP contribution in [-0.2, 0) is 17.8 Å². The largest absolute Gasteiger partial charge is 0.352 e. The van der Waals surface area contributed by atoms with E-state index in [0.29, 0.717) is 23.1 Å². The summed E-state index contributed by atoms with van der Waals surface area (Å²) in [5, 5.41) is 1.07. The number of aryl methyl sites for hydroxylation is 1. The summed E-state index contributed by atoms with van der Waals surface area (Å²) >= 11 is 12.2. The first kappa shape index (κ1) is 16.7. The zero-order chi connectivity index (χ0) is 17.4. The van der Waals surface area contributed by atoms with Gasteiger partial charge in [-0.25, -0.2) is 9.97 Å². The first-order chi connectivity index (χ1) is 12.1. The molecule has 2 aromatic heterocycles. The smallest absolute Gasteiger partial charge is 0.227 e. The Labute approximate surface area is 156 Å². The van der Waals surface area contributed by atoms with Gasteiger partial charge in [-0.05, 0) is 18.9 Å². The average molecular weight is 380 g/mol. The Bertz CT molecular complexity index is 785. The van der Waals surface area contributed by atoms with Crippen LogP contribution in [0.4, 0.5) is 5.82 Å². The Morgan fingerprint density at radius 3 is 2.72 bits per heavy atom. The highest BCUT2D eigenvalue weighted by atomic mass is 35.5. The van der Waals surface area contributed by atoms with Gasteiger partial charge in [0, 0.05) is 50.8 Å². The van der Waals surface area contributed by atoms with Crippen LogP contribution < -0.4 is 4.90 Å². The third kappa shape index (κ3) is 3.33. The number of amides is 1. The van der Waals surface area contributed by atoms with Crippen molar-refractivity contribution < 1.29 is 4.79 Å². The molecule has 1 saturated heterocycles. The Kier molecular flexibility index (Phi) is 4.56. The Hall–Kier alpha value is -1.79. The van der Waals surface area contributed by atoms with Crippen LogP contribution in [0.25, 0.3) is 0 Å². The molecule has 1 atom stereocenters. The van der Waals surface area contributed by atoms with Gasteiger partial charge < -0.3 is 14.4 Å². The highest BCUT2D eigenvalue weighted by Gasteiger charge is 2.30. The number of nitrogens with zero attached hydrogens (tertiary/aromatic N) is 5.